The Bertz CT molecular complexity index is 1800. The van der Waals surface area contributed by atoms with E-state index < -0.39 is 12.2 Å². The number of pyridine rings is 1. The van der Waals surface area contributed by atoms with Gasteiger partial charge in [0.15, 0.2) is 0 Å². The number of phenols is 1. The van der Waals surface area contributed by atoms with Crippen molar-refractivity contribution >= 4 is 28.5 Å². The second-order valence-corrected chi connectivity index (χ2v) is 13.4. The predicted molar refractivity (Wildman–Crippen MR) is 194 cm³/mol. The second kappa shape index (κ2) is 16.9. The van der Waals surface area contributed by atoms with Crippen molar-refractivity contribution < 1.29 is 24.5 Å². The molecule has 264 valence electrons. The molecule has 1 atom stereocenters. The minimum Gasteiger partial charge on any atom is -0.506 e. The van der Waals surface area contributed by atoms with E-state index in [4.69, 9.17) is 4.74 Å². The Labute approximate surface area is 292 Å². The van der Waals surface area contributed by atoms with Crippen LogP contribution in [-0.2, 0) is 9.53 Å². The van der Waals surface area contributed by atoms with Crippen LogP contribution in [0.5, 0.6) is 5.75 Å². The number of nitrogens with zero attached hydrogens (tertiary/aromatic N) is 1. The van der Waals surface area contributed by atoms with Crippen LogP contribution in [0.15, 0.2) is 83.7 Å². The molecule has 0 unspecified atom stereocenters. The molecule has 3 aromatic carbocycles. The molecule has 2 fully saturated rings. The Kier molecular flexibility index (Phi) is 11.9. The topological polar surface area (TPSA) is 156 Å². The predicted octanol–water partition coefficient (Wildman–Crippen LogP) is 4.95. The number of aromatic amines is 1. The lowest BCUT2D eigenvalue weighted by atomic mass is 9.83. The molecule has 1 saturated heterocycles. The number of hydrogen-bond acceptors (Lipinski definition) is 9. The van der Waals surface area contributed by atoms with Crippen molar-refractivity contribution in [1.82, 2.24) is 20.5 Å². The van der Waals surface area contributed by atoms with Gasteiger partial charge < -0.3 is 35.5 Å². The van der Waals surface area contributed by atoms with Crippen LogP contribution in [0.25, 0.3) is 22.0 Å². The van der Waals surface area contributed by atoms with Gasteiger partial charge in [-0.25, -0.2) is 4.79 Å². The molecule has 1 aliphatic heterocycles. The highest BCUT2D eigenvalue weighted by atomic mass is 16.6. The van der Waals surface area contributed by atoms with Gasteiger partial charge in [0.2, 0.25) is 5.56 Å². The van der Waals surface area contributed by atoms with Gasteiger partial charge in [-0.3, -0.25) is 14.9 Å². The minimum atomic E-state index is -0.807. The summed E-state index contributed by atoms with van der Waals surface area (Å²) < 4.78 is 5.76. The number of carbonyl (C=O) groups excluding carboxylic acids is 2. The molecule has 1 amide bonds. The SMILES string of the molecule is O=C(Nc1ccccc1-c1ccccc1)OC1CCN(CCNCC(=O)C2CCC(NC[C@H](O)c3ccc(O)c4[nH]c(=O)ccc34)CC2)CC1. The molecule has 0 bridgehead atoms. The van der Waals surface area contributed by atoms with Crippen LogP contribution in [0.3, 0.4) is 0 Å². The van der Waals surface area contributed by atoms with Crippen LogP contribution in [0.4, 0.5) is 10.5 Å². The number of aliphatic hydroxyl groups is 1. The van der Waals surface area contributed by atoms with Crippen molar-refractivity contribution in [3.63, 3.8) is 0 Å². The monoisotopic (exact) mass is 681 g/mol. The number of carbonyl (C=O) groups is 2. The molecule has 6 N–H and O–H groups in total. The molecule has 2 heterocycles. The molecule has 0 radical (unpaired) electrons. The van der Waals surface area contributed by atoms with Crippen molar-refractivity contribution in [2.75, 3.05) is 44.6 Å². The number of aromatic hydroxyl groups is 1. The number of piperidine rings is 1. The lowest BCUT2D eigenvalue weighted by Crippen LogP contribution is -2.42. The zero-order chi connectivity index (χ0) is 34.9. The first-order chi connectivity index (χ1) is 24.3. The Morgan fingerprint density at radius 1 is 0.900 bits per heavy atom. The van der Waals surface area contributed by atoms with Gasteiger partial charge in [0.25, 0.3) is 0 Å². The number of phenolic OH excluding ortho intramolecular Hbond substituents is 1. The van der Waals surface area contributed by atoms with Gasteiger partial charge in [-0.15, -0.1) is 0 Å². The molecule has 11 heteroatoms. The summed E-state index contributed by atoms with van der Waals surface area (Å²) in [4.78, 5) is 42.3. The Morgan fingerprint density at radius 2 is 1.64 bits per heavy atom. The molecule has 6 rings (SSSR count). The zero-order valence-corrected chi connectivity index (χ0v) is 28.3. The van der Waals surface area contributed by atoms with Gasteiger partial charge >= 0.3 is 6.09 Å². The van der Waals surface area contributed by atoms with Gasteiger partial charge in [-0.05, 0) is 67.9 Å². The molecule has 2 aliphatic rings. The van der Waals surface area contributed by atoms with E-state index >= 15 is 0 Å². The fourth-order valence-corrected chi connectivity index (χ4v) is 7.15. The summed E-state index contributed by atoms with van der Waals surface area (Å²) in [5.41, 5.74) is 3.35. The standard InChI is InChI=1S/C39H47N5O6/c45-34-16-14-31(32-15-17-37(48)43-38(32)34)36(47)25-41-28-12-10-27(11-13-28)35(46)24-40-20-23-44-21-18-29(19-22-44)50-39(49)42-33-9-5-4-8-30(33)26-6-2-1-3-7-26/h1-9,14-17,27-29,36,40-41,45,47H,10-13,18-25H2,(H,42,49)(H,43,48)/t27?,28?,36-/m0/s1. The number of ether oxygens (including phenoxy) is 1. The lowest BCUT2D eigenvalue weighted by molar-refractivity contribution is -0.123. The van der Waals surface area contributed by atoms with Crippen LogP contribution < -0.4 is 21.5 Å². The number of hydrogen-bond donors (Lipinski definition) is 6. The number of nitrogens with one attached hydrogen (secondary N) is 4. The maximum absolute atomic E-state index is 12.9. The highest BCUT2D eigenvalue weighted by Gasteiger charge is 2.27. The number of Topliss-reactive ketones (excluding diaryl/α,β-unsaturated/α-hetero) is 1. The first-order valence-corrected chi connectivity index (χ1v) is 17.7. The third kappa shape index (κ3) is 9.16. The summed E-state index contributed by atoms with van der Waals surface area (Å²) in [6.07, 6.45) is 3.53. The highest BCUT2D eigenvalue weighted by molar-refractivity contribution is 5.91. The number of para-hydroxylation sites is 1. The molecule has 11 nitrogen and oxygen atoms in total. The quantitative estimate of drug-likeness (QED) is 0.108. The fraction of sp³-hybridized carbons (Fsp3) is 0.410. The molecule has 0 spiro atoms. The summed E-state index contributed by atoms with van der Waals surface area (Å²) in [7, 11) is 0. The third-order valence-corrected chi connectivity index (χ3v) is 10.0. The molecule has 1 aromatic heterocycles. The van der Waals surface area contributed by atoms with E-state index in [0.29, 0.717) is 29.6 Å². The van der Waals surface area contributed by atoms with Crippen molar-refractivity contribution in [2.45, 2.75) is 56.8 Å². The van der Waals surface area contributed by atoms with E-state index in [1.54, 1.807) is 12.1 Å². The number of benzene rings is 3. The van der Waals surface area contributed by atoms with Gasteiger partial charge in [0.05, 0.1) is 23.9 Å². The first kappa shape index (κ1) is 35.3. The number of amides is 1. The number of anilines is 1. The van der Waals surface area contributed by atoms with Crippen LogP contribution >= 0.6 is 0 Å². The van der Waals surface area contributed by atoms with Gasteiger partial charge in [0.1, 0.15) is 17.6 Å². The number of fused-ring (bicyclic) bond motifs is 1. The summed E-state index contributed by atoms with van der Waals surface area (Å²) in [5.74, 6) is 0.261. The van der Waals surface area contributed by atoms with Crippen molar-refractivity contribution in [2.24, 2.45) is 5.92 Å². The van der Waals surface area contributed by atoms with E-state index in [-0.39, 0.29) is 35.2 Å². The number of rotatable bonds is 13. The van der Waals surface area contributed by atoms with Crippen LogP contribution in [0.2, 0.25) is 0 Å². The molecule has 1 aliphatic carbocycles. The number of H-pyrrole nitrogens is 1. The van der Waals surface area contributed by atoms with E-state index in [1.165, 1.54) is 12.1 Å². The molecule has 1 saturated carbocycles. The molecule has 4 aromatic rings. The van der Waals surface area contributed by atoms with E-state index in [1.807, 2.05) is 54.6 Å². The Balaban J connectivity index is 0.841. The average molecular weight is 682 g/mol. The van der Waals surface area contributed by atoms with Crippen LogP contribution in [-0.4, -0.2) is 83.4 Å². The van der Waals surface area contributed by atoms with Gasteiger partial charge in [-0.1, -0.05) is 54.6 Å². The van der Waals surface area contributed by atoms with Crippen LogP contribution in [0, 0.1) is 5.92 Å². The second-order valence-electron chi connectivity index (χ2n) is 13.4. The third-order valence-electron chi connectivity index (χ3n) is 10.0. The number of ketones is 1. The number of aromatic nitrogens is 1. The van der Waals surface area contributed by atoms with E-state index in [2.05, 4.69) is 25.8 Å². The number of likely N-dealkylation sites (tertiary alicyclic amines) is 1. The van der Waals surface area contributed by atoms with Crippen molar-refractivity contribution in [1.29, 1.82) is 0 Å². The number of aliphatic hydroxyl groups excluding tert-OH is 1. The van der Waals surface area contributed by atoms with Crippen molar-refractivity contribution in [3.05, 3.63) is 94.8 Å². The van der Waals surface area contributed by atoms with Crippen molar-refractivity contribution in [3.8, 4) is 16.9 Å². The zero-order valence-electron chi connectivity index (χ0n) is 28.3. The largest absolute Gasteiger partial charge is 0.506 e. The van der Waals surface area contributed by atoms with Crippen LogP contribution in [0.1, 0.15) is 50.2 Å². The summed E-state index contributed by atoms with van der Waals surface area (Å²) in [6.45, 7) is 3.93. The fourth-order valence-electron chi connectivity index (χ4n) is 7.15. The van der Waals surface area contributed by atoms with E-state index in [0.717, 1.165) is 81.5 Å². The van der Waals surface area contributed by atoms with Gasteiger partial charge in [-0.2, -0.15) is 0 Å². The maximum atomic E-state index is 12.9. The molecule has 50 heavy (non-hydrogen) atoms. The molecular weight excluding hydrogens is 634 g/mol. The first-order valence-electron chi connectivity index (χ1n) is 17.7. The summed E-state index contributed by atoms with van der Waals surface area (Å²) in [5, 5.41) is 31.3. The average Bonchev–Trinajstić information content (AvgIpc) is 3.14. The lowest BCUT2D eigenvalue weighted by Gasteiger charge is -2.32. The Morgan fingerprint density at radius 3 is 2.42 bits per heavy atom. The normalized spacial score (nSPS) is 19.2. The minimum absolute atomic E-state index is 0.0329. The maximum Gasteiger partial charge on any atom is 0.411 e. The van der Waals surface area contributed by atoms with E-state index in [9.17, 15) is 24.6 Å². The highest BCUT2D eigenvalue weighted by Crippen LogP contribution is 2.30. The summed E-state index contributed by atoms with van der Waals surface area (Å²) >= 11 is 0. The Hall–Kier alpha value is -4.55. The summed E-state index contributed by atoms with van der Waals surface area (Å²) in [6, 6.07) is 24.0. The molecular formula is C39H47N5O6. The van der Waals surface area contributed by atoms with Gasteiger partial charge in [0, 0.05) is 61.7 Å². The smallest absolute Gasteiger partial charge is 0.411 e.